The van der Waals surface area contributed by atoms with Gasteiger partial charge in [-0.2, -0.15) is 0 Å². The Bertz CT molecular complexity index is 1530. The molecule has 0 radical (unpaired) electrons. The number of carbonyl (C=O) groups is 1. The first-order valence-electron chi connectivity index (χ1n) is 11.1. The van der Waals surface area contributed by atoms with Crippen LogP contribution in [0, 0.1) is 23.3 Å². The van der Waals surface area contributed by atoms with Crippen molar-refractivity contribution in [3.05, 3.63) is 47.5 Å². The van der Waals surface area contributed by atoms with Crippen molar-refractivity contribution in [1.29, 1.82) is 0 Å². The molecule has 38 heavy (non-hydrogen) atoms. The Labute approximate surface area is 211 Å². The lowest BCUT2D eigenvalue weighted by Gasteiger charge is -2.27. The van der Waals surface area contributed by atoms with Gasteiger partial charge in [-0.1, -0.05) is 5.16 Å². The molecular formula is C22H19F7N4O4S. The molecular weight excluding hydrogens is 549 g/mol. The van der Waals surface area contributed by atoms with Gasteiger partial charge in [-0.25, -0.2) is 48.7 Å². The molecule has 0 bridgehead atoms. The summed E-state index contributed by atoms with van der Waals surface area (Å²) in [5.74, 6) is -9.13. The second-order valence-electron chi connectivity index (χ2n) is 8.89. The van der Waals surface area contributed by atoms with Crippen molar-refractivity contribution >= 4 is 32.8 Å². The molecule has 5 rings (SSSR count). The molecule has 3 heterocycles. The number of fused-ring (bicyclic) bond motifs is 2. The summed E-state index contributed by atoms with van der Waals surface area (Å²) in [5.41, 5.74) is -1.65. The van der Waals surface area contributed by atoms with Crippen LogP contribution in [0.25, 0.3) is 22.1 Å². The van der Waals surface area contributed by atoms with E-state index in [1.54, 1.807) is 4.72 Å². The smallest absolute Gasteiger partial charge is 0.326 e. The van der Waals surface area contributed by atoms with Crippen LogP contribution in [0.5, 0.6) is 0 Å². The maximum Gasteiger partial charge on any atom is 0.326 e. The highest BCUT2D eigenvalue weighted by Gasteiger charge is 2.60. The standard InChI is InChI=1S/C22H17F7N4O4S.H2/c23-9-38(35,36)31-16-8-33-17(22(16,28)29)2-1-3-32(21(33)34)20-19-12(4-10(24)7-15(19)37-30-20)18-13(26)5-11(25)6-14(18)27;/h4-7,16-17,31H,1-3,8-9H2;1H/t16-,17-;/m1./s1. The Morgan fingerprint density at radius 2 is 1.76 bits per heavy atom. The second kappa shape index (κ2) is 9.11. The fourth-order valence-electron chi connectivity index (χ4n) is 4.90. The summed E-state index contributed by atoms with van der Waals surface area (Å²) in [4.78, 5) is 15.0. The number of alkyl halides is 3. The molecule has 0 saturated carbocycles. The second-order valence-corrected chi connectivity index (χ2v) is 10.6. The van der Waals surface area contributed by atoms with Crippen molar-refractivity contribution in [1.82, 2.24) is 14.8 Å². The fourth-order valence-corrected chi connectivity index (χ4v) is 5.63. The van der Waals surface area contributed by atoms with Crippen molar-refractivity contribution in [2.24, 2.45) is 0 Å². The molecule has 1 aromatic heterocycles. The van der Waals surface area contributed by atoms with Gasteiger partial charge in [-0.15, -0.1) is 0 Å². The van der Waals surface area contributed by atoms with E-state index >= 15 is 8.78 Å². The Kier molecular flexibility index (Phi) is 6.29. The molecule has 0 unspecified atom stereocenters. The summed E-state index contributed by atoms with van der Waals surface area (Å²) in [6.45, 7) is -1.03. The van der Waals surface area contributed by atoms with Gasteiger partial charge in [0, 0.05) is 38.3 Å². The predicted octanol–water partition coefficient (Wildman–Crippen LogP) is 4.55. The molecule has 2 atom stereocenters. The number of amides is 2. The summed E-state index contributed by atoms with van der Waals surface area (Å²) in [7, 11) is -4.69. The van der Waals surface area contributed by atoms with E-state index in [1.165, 1.54) is 0 Å². The van der Waals surface area contributed by atoms with Crippen LogP contribution < -0.4 is 9.62 Å². The van der Waals surface area contributed by atoms with Gasteiger partial charge in [0.1, 0.15) is 29.3 Å². The number of benzene rings is 2. The zero-order valence-electron chi connectivity index (χ0n) is 19.0. The molecule has 1 N–H and O–H groups in total. The number of hydrogen-bond donors (Lipinski definition) is 1. The van der Waals surface area contributed by atoms with E-state index in [4.69, 9.17) is 4.52 Å². The van der Waals surface area contributed by atoms with Crippen LogP contribution in [-0.4, -0.2) is 61.6 Å². The SMILES string of the molecule is O=C1N(c2noc3cc(F)cc(-c4c(F)cc(F)cc4F)c23)CCC[C@H]2N1C[C@@H](NS(=O)(=O)CF)C2(F)F.[HH]. The largest absolute Gasteiger partial charge is 0.354 e. The highest BCUT2D eigenvalue weighted by Crippen LogP contribution is 2.43. The molecule has 2 aliphatic rings. The quantitative estimate of drug-likeness (QED) is 0.456. The van der Waals surface area contributed by atoms with E-state index in [9.17, 15) is 35.2 Å². The molecule has 8 nitrogen and oxygen atoms in total. The van der Waals surface area contributed by atoms with Crippen LogP contribution in [0.4, 0.5) is 41.3 Å². The van der Waals surface area contributed by atoms with Crippen molar-refractivity contribution < 1.29 is 49.9 Å². The first-order chi connectivity index (χ1) is 17.8. The summed E-state index contributed by atoms with van der Waals surface area (Å²) in [5, 5.41) is 3.48. The highest BCUT2D eigenvalue weighted by atomic mass is 32.2. The number of nitrogens with one attached hydrogen (secondary N) is 1. The van der Waals surface area contributed by atoms with Crippen molar-refractivity contribution in [3.8, 4) is 11.1 Å². The van der Waals surface area contributed by atoms with E-state index < -0.39 is 81.0 Å². The summed E-state index contributed by atoms with van der Waals surface area (Å²) >= 11 is 0. The number of aromatic nitrogens is 1. The molecule has 16 heteroatoms. The highest BCUT2D eigenvalue weighted by molar-refractivity contribution is 7.89. The Morgan fingerprint density at radius 1 is 1.11 bits per heavy atom. The number of carbonyl (C=O) groups excluding carboxylic acids is 1. The lowest BCUT2D eigenvalue weighted by Crippen LogP contribution is -2.49. The monoisotopic (exact) mass is 568 g/mol. The van der Waals surface area contributed by atoms with Gasteiger partial charge in [-0.05, 0) is 18.9 Å². The number of sulfonamides is 1. The van der Waals surface area contributed by atoms with Crippen LogP contribution in [0.2, 0.25) is 0 Å². The molecule has 2 aliphatic heterocycles. The molecule has 2 aromatic carbocycles. The first-order valence-corrected chi connectivity index (χ1v) is 12.7. The molecule has 2 saturated heterocycles. The van der Waals surface area contributed by atoms with Gasteiger partial charge in [0.05, 0.1) is 17.0 Å². The topological polar surface area (TPSA) is 95.8 Å². The number of nitrogens with zero attached hydrogens (tertiary/aromatic N) is 3. The third-order valence-electron chi connectivity index (χ3n) is 6.52. The maximum atomic E-state index is 15.1. The normalized spacial score (nSPS) is 21.7. The third kappa shape index (κ3) is 4.24. The van der Waals surface area contributed by atoms with E-state index in [1.807, 2.05) is 0 Å². The molecule has 2 amide bonds. The van der Waals surface area contributed by atoms with E-state index in [0.29, 0.717) is 17.0 Å². The van der Waals surface area contributed by atoms with Crippen LogP contribution in [-0.2, 0) is 10.0 Å². The van der Waals surface area contributed by atoms with E-state index in [-0.39, 0.29) is 37.6 Å². The average molecular weight is 568 g/mol. The minimum atomic E-state index is -4.69. The number of rotatable bonds is 5. The Balaban J connectivity index is 0.00000353. The first kappa shape index (κ1) is 26.2. The van der Waals surface area contributed by atoms with Crippen LogP contribution in [0.3, 0.4) is 0 Å². The van der Waals surface area contributed by atoms with Gasteiger partial charge < -0.3 is 9.42 Å². The molecule has 0 spiro atoms. The minimum absolute atomic E-state index is 0. The molecule has 2 fully saturated rings. The van der Waals surface area contributed by atoms with Gasteiger partial charge in [0.25, 0.3) is 5.92 Å². The summed E-state index contributed by atoms with van der Waals surface area (Å²) in [6, 6.07) is -4.59. The predicted molar refractivity (Wildman–Crippen MR) is 121 cm³/mol. The average Bonchev–Trinajstić information content (AvgIpc) is 3.28. The van der Waals surface area contributed by atoms with Crippen molar-refractivity contribution in [3.63, 3.8) is 0 Å². The van der Waals surface area contributed by atoms with E-state index in [2.05, 4.69) is 5.16 Å². The van der Waals surface area contributed by atoms with Crippen LogP contribution >= 0.6 is 0 Å². The minimum Gasteiger partial charge on any atom is -0.354 e. The number of anilines is 1. The zero-order valence-corrected chi connectivity index (χ0v) is 19.8. The number of urea groups is 1. The van der Waals surface area contributed by atoms with Crippen LogP contribution in [0.15, 0.2) is 28.8 Å². The molecule has 206 valence electrons. The number of halogens is 7. The van der Waals surface area contributed by atoms with Gasteiger partial charge in [0.15, 0.2) is 11.4 Å². The van der Waals surface area contributed by atoms with Crippen molar-refractivity contribution in [2.75, 3.05) is 24.0 Å². The third-order valence-corrected chi connectivity index (χ3v) is 7.45. The van der Waals surface area contributed by atoms with E-state index in [0.717, 1.165) is 17.0 Å². The number of hydrogen-bond acceptors (Lipinski definition) is 5. The molecule has 0 aliphatic carbocycles. The molecule has 3 aromatic rings. The lowest BCUT2D eigenvalue weighted by atomic mass is 9.99. The maximum absolute atomic E-state index is 15.1. The van der Waals surface area contributed by atoms with Gasteiger partial charge >= 0.3 is 6.03 Å². The van der Waals surface area contributed by atoms with Gasteiger partial charge in [-0.3, -0.25) is 4.90 Å². The zero-order chi connectivity index (χ0) is 27.6. The fraction of sp³-hybridized carbons (Fsp3) is 0.364. The van der Waals surface area contributed by atoms with Gasteiger partial charge in [0.2, 0.25) is 16.0 Å². The lowest BCUT2D eigenvalue weighted by molar-refractivity contribution is -0.0421. The summed E-state index contributed by atoms with van der Waals surface area (Å²) in [6.07, 6.45) is -0.323. The van der Waals surface area contributed by atoms with Crippen molar-refractivity contribution in [2.45, 2.75) is 30.8 Å². The summed E-state index contributed by atoms with van der Waals surface area (Å²) < 4.78 is 130. The Morgan fingerprint density at radius 3 is 2.42 bits per heavy atom. The Hall–Kier alpha value is -3.40. The van der Waals surface area contributed by atoms with Crippen LogP contribution in [0.1, 0.15) is 14.3 Å².